The Hall–Kier alpha value is -1.68. The number of nitrogens with two attached hydrogens (primary N) is 1. The number of hydrogen-bond acceptors (Lipinski definition) is 3. The third-order valence-corrected chi connectivity index (χ3v) is 3.03. The quantitative estimate of drug-likeness (QED) is 0.812. The van der Waals surface area contributed by atoms with Crippen LogP contribution in [0.5, 0.6) is 5.75 Å². The maximum absolute atomic E-state index is 5.99. The van der Waals surface area contributed by atoms with Crippen LogP contribution < -0.4 is 15.8 Å². The van der Waals surface area contributed by atoms with Crippen molar-refractivity contribution in [2.75, 3.05) is 11.1 Å². The Balaban J connectivity index is 2.27. The molecule has 100 valence electrons. The Morgan fingerprint density at radius 3 is 2.53 bits per heavy atom. The maximum atomic E-state index is 5.99. The number of anilines is 3. The molecule has 0 bridgehead atoms. The van der Waals surface area contributed by atoms with Gasteiger partial charge >= 0.3 is 0 Å². The topological polar surface area (TPSA) is 47.3 Å². The van der Waals surface area contributed by atoms with Crippen LogP contribution in [0.4, 0.5) is 17.1 Å². The van der Waals surface area contributed by atoms with Crippen LogP contribution in [0.2, 0.25) is 0 Å². The molecule has 0 aliphatic heterocycles. The van der Waals surface area contributed by atoms with Gasteiger partial charge in [0.1, 0.15) is 5.75 Å². The molecule has 0 atom stereocenters. The number of rotatable bonds is 4. The standard InChI is InChI=1S/C15H17BrN2O/c1-10(2)19-15-6-4-3-5-14(15)18-13-8-7-11(16)9-12(13)17/h3-10,18H,17H2,1-2H3. The van der Waals surface area contributed by atoms with Crippen molar-refractivity contribution in [3.8, 4) is 5.75 Å². The van der Waals surface area contributed by atoms with Gasteiger partial charge in [0.05, 0.1) is 23.2 Å². The lowest BCUT2D eigenvalue weighted by Crippen LogP contribution is -2.07. The molecule has 0 fully saturated rings. The molecule has 0 spiro atoms. The van der Waals surface area contributed by atoms with Crippen molar-refractivity contribution in [1.29, 1.82) is 0 Å². The van der Waals surface area contributed by atoms with Crippen LogP contribution in [0.3, 0.4) is 0 Å². The highest BCUT2D eigenvalue weighted by Crippen LogP contribution is 2.31. The Kier molecular flexibility index (Phi) is 4.32. The largest absolute Gasteiger partial charge is 0.489 e. The van der Waals surface area contributed by atoms with Crippen LogP contribution in [-0.4, -0.2) is 6.10 Å². The minimum atomic E-state index is 0.130. The average Bonchev–Trinajstić information content (AvgIpc) is 2.34. The zero-order valence-corrected chi connectivity index (χ0v) is 12.6. The average molecular weight is 321 g/mol. The number of para-hydroxylation sites is 2. The monoisotopic (exact) mass is 320 g/mol. The van der Waals surface area contributed by atoms with Gasteiger partial charge in [-0.25, -0.2) is 0 Å². The number of halogens is 1. The molecule has 0 aliphatic rings. The number of benzene rings is 2. The summed E-state index contributed by atoms with van der Waals surface area (Å²) in [5.41, 5.74) is 8.45. The first-order valence-corrected chi connectivity index (χ1v) is 6.93. The van der Waals surface area contributed by atoms with Gasteiger partial charge in [-0.3, -0.25) is 0 Å². The number of nitrogen functional groups attached to an aromatic ring is 1. The Bertz CT molecular complexity index is 570. The molecule has 2 aromatic carbocycles. The molecule has 0 saturated heterocycles. The number of hydrogen-bond donors (Lipinski definition) is 2. The van der Waals surface area contributed by atoms with E-state index in [1.165, 1.54) is 0 Å². The fraction of sp³-hybridized carbons (Fsp3) is 0.200. The van der Waals surface area contributed by atoms with E-state index in [4.69, 9.17) is 10.5 Å². The molecule has 2 rings (SSSR count). The molecular weight excluding hydrogens is 304 g/mol. The summed E-state index contributed by atoms with van der Waals surface area (Å²) in [7, 11) is 0. The van der Waals surface area contributed by atoms with E-state index in [1.54, 1.807) is 0 Å². The summed E-state index contributed by atoms with van der Waals surface area (Å²) in [5, 5.41) is 3.30. The van der Waals surface area contributed by atoms with Crippen molar-refractivity contribution in [2.45, 2.75) is 20.0 Å². The van der Waals surface area contributed by atoms with Crippen LogP contribution in [0.25, 0.3) is 0 Å². The van der Waals surface area contributed by atoms with Gasteiger partial charge in [-0.1, -0.05) is 28.1 Å². The first-order chi connectivity index (χ1) is 9.06. The van der Waals surface area contributed by atoms with Gasteiger partial charge in [-0.05, 0) is 44.2 Å². The van der Waals surface area contributed by atoms with E-state index in [0.29, 0.717) is 5.69 Å². The minimum absolute atomic E-state index is 0.130. The molecule has 0 heterocycles. The first-order valence-electron chi connectivity index (χ1n) is 6.14. The number of ether oxygens (including phenoxy) is 1. The van der Waals surface area contributed by atoms with Crippen LogP contribution >= 0.6 is 15.9 Å². The third-order valence-electron chi connectivity index (χ3n) is 2.53. The van der Waals surface area contributed by atoms with Crippen molar-refractivity contribution in [1.82, 2.24) is 0 Å². The van der Waals surface area contributed by atoms with Crippen molar-refractivity contribution < 1.29 is 4.74 Å². The van der Waals surface area contributed by atoms with Gasteiger partial charge in [0.25, 0.3) is 0 Å². The molecule has 0 unspecified atom stereocenters. The SMILES string of the molecule is CC(C)Oc1ccccc1Nc1ccc(Br)cc1N. The molecule has 0 amide bonds. The fourth-order valence-electron chi connectivity index (χ4n) is 1.72. The van der Waals surface area contributed by atoms with E-state index >= 15 is 0 Å². The molecule has 0 aliphatic carbocycles. The Morgan fingerprint density at radius 1 is 1.11 bits per heavy atom. The van der Waals surface area contributed by atoms with E-state index in [-0.39, 0.29) is 6.10 Å². The van der Waals surface area contributed by atoms with Crippen molar-refractivity contribution >= 4 is 33.0 Å². The second kappa shape index (κ2) is 5.97. The molecule has 3 nitrogen and oxygen atoms in total. The summed E-state index contributed by atoms with van der Waals surface area (Å²) in [5.74, 6) is 0.819. The molecule has 2 aromatic rings. The van der Waals surface area contributed by atoms with Gasteiger partial charge in [0, 0.05) is 4.47 Å². The van der Waals surface area contributed by atoms with Gasteiger partial charge in [-0.2, -0.15) is 0 Å². The molecular formula is C15H17BrN2O. The summed E-state index contributed by atoms with van der Waals surface area (Å²) in [6.07, 6.45) is 0.130. The van der Waals surface area contributed by atoms with E-state index in [0.717, 1.165) is 21.6 Å². The lowest BCUT2D eigenvalue weighted by Gasteiger charge is -2.16. The summed E-state index contributed by atoms with van der Waals surface area (Å²) in [6.45, 7) is 4.01. The van der Waals surface area contributed by atoms with E-state index in [2.05, 4.69) is 21.2 Å². The second-order valence-electron chi connectivity index (χ2n) is 4.52. The lowest BCUT2D eigenvalue weighted by atomic mass is 10.2. The smallest absolute Gasteiger partial charge is 0.143 e. The Morgan fingerprint density at radius 2 is 1.84 bits per heavy atom. The summed E-state index contributed by atoms with van der Waals surface area (Å²) >= 11 is 3.40. The minimum Gasteiger partial charge on any atom is -0.489 e. The zero-order valence-electron chi connectivity index (χ0n) is 11.0. The van der Waals surface area contributed by atoms with Gasteiger partial charge in [-0.15, -0.1) is 0 Å². The molecule has 3 N–H and O–H groups in total. The highest BCUT2D eigenvalue weighted by atomic mass is 79.9. The fourth-order valence-corrected chi connectivity index (χ4v) is 2.10. The van der Waals surface area contributed by atoms with Crippen LogP contribution in [0, 0.1) is 0 Å². The van der Waals surface area contributed by atoms with Crippen molar-refractivity contribution in [2.24, 2.45) is 0 Å². The predicted octanol–water partition coefficient (Wildman–Crippen LogP) is 4.56. The summed E-state index contributed by atoms with van der Waals surface area (Å²) < 4.78 is 6.73. The molecule has 19 heavy (non-hydrogen) atoms. The van der Waals surface area contributed by atoms with E-state index in [1.807, 2.05) is 56.3 Å². The lowest BCUT2D eigenvalue weighted by molar-refractivity contribution is 0.244. The van der Waals surface area contributed by atoms with Crippen LogP contribution in [0.1, 0.15) is 13.8 Å². The highest BCUT2D eigenvalue weighted by Gasteiger charge is 2.07. The molecule has 0 radical (unpaired) electrons. The zero-order chi connectivity index (χ0) is 13.8. The molecule has 0 aromatic heterocycles. The summed E-state index contributed by atoms with van der Waals surface area (Å²) in [6, 6.07) is 13.6. The normalized spacial score (nSPS) is 10.5. The second-order valence-corrected chi connectivity index (χ2v) is 5.44. The van der Waals surface area contributed by atoms with Crippen LogP contribution in [-0.2, 0) is 0 Å². The van der Waals surface area contributed by atoms with Gasteiger partial charge in [0.15, 0.2) is 0 Å². The van der Waals surface area contributed by atoms with Gasteiger partial charge < -0.3 is 15.8 Å². The van der Waals surface area contributed by atoms with Crippen molar-refractivity contribution in [3.63, 3.8) is 0 Å². The first kappa shape index (κ1) is 13.7. The van der Waals surface area contributed by atoms with E-state index in [9.17, 15) is 0 Å². The van der Waals surface area contributed by atoms with E-state index < -0.39 is 0 Å². The van der Waals surface area contributed by atoms with Crippen LogP contribution in [0.15, 0.2) is 46.9 Å². The van der Waals surface area contributed by atoms with Crippen molar-refractivity contribution in [3.05, 3.63) is 46.9 Å². The highest BCUT2D eigenvalue weighted by molar-refractivity contribution is 9.10. The predicted molar refractivity (Wildman–Crippen MR) is 84.0 cm³/mol. The third kappa shape index (κ3) is 3.64. The Labute approximate surface area is 121 Å². The summed E-state index contributed by atoms with van der Waals surface area (Å²) in [4.78, 5) is 0. The molecule has 0 saturated carbocycles. The maximum Gasteiger partial charge on any atom is 0.143 e. The molecule has 4 heteroatoms. The number of nitrogens with one attached hydrogen (secondary N) is 1. The van der Waals surface area contributed by atoms with Gasteiger partial charge in [0.2, 0.25) is 0 Å².